The number of fused-ring (bicyclic) bond motifs is 1. The Morgan fingerprint density at radius 3 is 2.89 bits per heavy atom. The van der Waals surface area contributed by atoms with Crippen LogP contribution in [0.3, 0.4) is 0 Å². The van der Waals surface area contributed by atoms with Gasteiger partial charge < -0.3 is 14.8 Å². The first kappa shape index (κ1) is 18.8. The van der Waals surface area contributed by atoms with Gasteiger partial charge in [-0.05, 0) is 38.3 Å². The lowest BCUT2D eigenvalue weighted by Gasteiger charge is -2.11. The van der Waals surface area contributed by atoms with Gasteiger partial charge in [0, 0.05) is 31.0 Å². The molecule has 1 N–H and O–H groups in total. The van der Waals surface area contributed by atoms with Crippen molar-refractivity contribution in [3.63, 3.8) is 0 Å². The average Bonchev–Trinajstić information content (AvgIpc) is 2.86. The number of hydrogen-bond acceptors (Lipinski definition) is 7. The average molecular weight is 366 g/mol. The molecule has 7 heteroatoms. The molecule has 0 saturated heterocycles. The summed E-state index contributed by atoms with van der Waals surface area (Å²) < 4.78 is 10.9. The number of nitrogens with one attached hydrogen (secondary N) is 1. The number of aryl methyl sites for hydroxylation is 1. The van der Waals surface area contributed by atoms with Crippen molar-refractivity contribution in [2.45, 2.75) is 32.6 Å². The van der Waals surface area contributed by atoms with Gasteiger partial charge in [-0.25, -0.2) is 9.97 Å². The lowest BCUT2D eigenvalue weighted by atomic mass is 10.1. The number of nitriles is 1. The smallest absolute Gasteiger partial charge is 0.227 e. The fourth-order valence-electron chi connectivity index (χ4n) is 2.92. The lowest BCUT2D eigenvalue weighted by Crippen LogP contribution is -2.08. The Hall–Kier alpha value is -2.98. The first-order chi connectivity index (χ1) is 13.2. The highest BCUT2D eigenvalue weighted by Crippen LogP contribution is 2.24. The van der Waals surface area contributed by atoms with Crippen molar-refractivity contribution in [3.05, 3.63) is 41.2 Å². The Balaban J connectivity index is 1.77. The molecule has 0 aliphatic heterocycles. The highest BCUT2D eigenvalue weighted by atomic mass is 16.5. The van der Waals surface area contributed by atoms with Crippen LogP contribution in [0.15, 0.2) is 24.4 Å². The Kier molecular flexibility index (Phi) is 6.34. The van der Waals surface area contributed by atoms with E-state index in [4.69, 9.17) is 9.47 Å². The van der Waals surface area contributed by atoms with Crippen molar-refractivity contribution in [3.8, 4) is 11.8 Å². The largest absolute Gasteiger partial charge is 0.491 e. The molecule has 0 fully saturated rings. The number of rotatable bonds is 7. The normalized spacial score (nSPS) is 13.4. The number of carbonyl (C=O) groups excluding carboxylic acids is 1. The maximum absolute atomic E-state index is 12.1. The van der Waals surface area contributed by atoms with Gasteiger partial charge in [-0.1, -0.05) is 0 Å². The molecule has 1 aromatic heterocycles. The van der Waals surface area contributed by atoms with Crippen LogP contribution in [-0.4, -0.2) is 35.6 Å². The zero-order chi connectivity index (χ0) is 19.1. The lowest BCUT2D eigenvalue weighted by molar-refractivity contribution is 0.0981. The second kappa shape index (κ2) is 9.10. The molecular formula is C20H22N4O3. The molecule has 140 valence electrons. The third kappa shape index (κ3) is 5.02. The highest BCUT2D eigenvalue weighted by molar-refractivity contribution is 5.97. The number of aromatic nitrogens is 2. The predicted octanol–water partition coefficient (Wildman–Crippen LogP) is 3.42. The van der Waals surface area contributed by atoms with Crippen molar-refractivity contribution in [1.82, 2.24) is 9.97 Å². The summed E-state index contributed by atoms with van der Waals surface area (Å²) >= 11 is 0. The number of anilines is 2. The Morgan fingerprint density at radius 2 is 2.07 bits per heavy atom. The Labute approximate surface area is 158 Å². The molecule has 0 unspecified atom stereocenters. The van der Waals surface area contributed by atoms with E-state index in [1.807, 2.05) is 6.92 Å². The van der Waals surface area contributed by atoms with Crippen LogP contribution >= 0.6 is 0 Å². The van der Waals surface area contributed by atoms with Crippen LogP contribution in [0.4, 0.5) is 11.6 Å². The molecule has 1 aliphatic rings. The molecule has 1 aliphatic carbocycles. The predicted molar refractivity (Wildman–Crippen MR) is 100 cm³/mol. The molecule has 0 amide bonds. The molecule has 0 bridgehead atoms. The molecule has 2 aromatic rings. The van der Waals surface area contributed by atoms with E-state index in [0.717, 1.165) is 25.0 Å². The fraction of sp³-hybridized carbons (Fsp3) is 0.400. The monoisotopic (exact) mass is 366 g/mol. The van der Waals surface area contributed by atoms with Crippen molar-refractivity contribution in [1.29, 1.82) is 5.26 Å². The Bertz CT molecular complexity index is 861. The van der Waals surface area contributed by atoms with Gasteiger partial charge in [0.25, 0.3) is 0 Å². The van der Waals surface area contributed by atoms with E-state index in [2.05, 4.69) is 21.4 Å². The molecule has 0 radical (unpaired) electrons. The summed E-state index contributed by atoms with van der Waals surface area (Å²) in [6.45, 7) is 3.44. The summed E-state index contributed by atoms with van der Waals surface area (Å²) in [5.74, 6) is 1.07. The second-order valence-corrected chi connectivity index (χ2v) is 6.21. The highest BCUT2D eigenvalue weighted by Gasteiger charge is 2.18. The topological polar surface area (TPSA) is 97.1 Å². The fourth-order valence-corrected chi connectivity index (χ4v) is 2.92. The summed E-state index contributed by atoms with van der Waals surface area (Å²) in [7, 11) is 0. The first-order valence-electron chi connectivity index (χ1n) is 9.11. The standard InChI is InChI=1S/C20H22N4O3/c1-2-26-7-8-27-16-10-14(12-21)9-15(11-16)23-20-22-13-17-18(24-20)5-3-4-6-19(17)25/h9-11,13H,2-8H2,1H3,(H,22,23,24). The molecule has 0 saturated carbocycles. The number of nitrogens with zero attached hydrogens (tertiary/aromatic N) is 3. The number of ketones is 1. The number of ether oxygens (including phenoxy) is 2. The SMILES string of the molecule is CCOCCOc1cc(C#N)cc(Nc2ncc3c(n2)CCCCC3=O)c1. The maximum atomic E-state index is 12.1. The van der Waals surface area contributed by atoms with Gasteiger partial charge >= 0.3 is 0 Å². The zero-order valence-corrected chi connectivity index (χ0v) is 15.3. The Morgan fingerprint density at radius 1 is 1.22 bits per heavy atom. The summed E-state index contributed by atoms with van der Waals surface area (Å²) in [6, 6.07) is 7.29. The number of carbonyl (C=O) groups is 1. The number of Topliss-reactive ketones (excluding diaryl/α,β-unsaturated/α-hetero) is 1. The van der Waals surface area contributed by atoms with Gasteiger partial charge in [-0.3, -0.25) is 4.79 Å². The first-order valence-corrected chi connectivity index (χ1v) is 9.11. The quantitative estimate of drug-likeness (QED) is 0.592. The van der Waals surface area contributed by atoms with Crippen molar-refractivity contribution < 1.29 is 14.3 Å². The molecule has 1 aromatic carbocycles. The summed E-state index contributed by atoms with van der Waals surface area (Å²) in [4.78, 5) is 20.9. The van der Waals surface area contributed by atoms with Gasteiger partial charge in [-0.2, -0.15) is 5.26 Å². The van der Waals surface area contributed by atoms with Crippen LogP contribution in [-0.2, 0) is 11.2 Å². The van der Waals surface area contributed by atoms with Gasteiger partial charge in [0.15, 0.2) is 5.78 Å². The molecule has 0 atom stereocenters. The molecule has 7 nitrogen and oxygen atoms in total. The maximum Gasteiger partial charge on any atom is 0.227 e. The number of benzene rings is 1. The minimum atomic E-state index is 0.102. The second-order valence-electron chi connectivity index (χ2n) is 6.21. The molecule has 0 spiro atoms. The summed E-state index contributed by atoms with van der Waals surface area (Å²) in [5, 5.41) is 12.4. The molecular weight excluding hydrogens is 344 g/mol. The van der Waals surface area contributed by atoms with Gasteiger partial charge in [0.05, 0.1) is 29.5 Å². The van der Waals surface area contributed by atoms with Crippen LogP contribution < -0.4 is 10.1 Å². The van der Waals surface area contributed by atoms with Crippen LogP contribution in [0, 0.1) is 11.3 Å². The van der Waals surface area contributed by atoms with E-state index in [9.17, 15) is 10.1 Å². The van der Waals surface area contributed by atoms with Crippen LogP contribution in [0.25, 0.3) is 0 Å². The van der Waals surface area contributed by atoms with E-state index in [0.29, 0.717) is 54.8 Å². The van der Waals surface area contributed by atoms with E-state index in [1.54, 1.807) is 24.4 Å². The van der Waals surface area contributed by atoms with E-state index >= 15 is 0 Å². The zero-order valence-electron chi connectivity index (χ0n) is 15.3. The third-order valence-electron chi connectivity index (χ3n) is 4.23. The van der Waals surface area contributed by atoms with Crippen LogP contribution in [0.1, 0.15) is 47.8 Å². The minimum Gasteiger partial charge on any atom is -0.491 e. The van der Waals surface area contributed by atoms with Crippen molar-refractivity contribution in [2.75, 3.05) is 25.1 Å². The van der Waals surface area contributed by atoms with Crippen molar-refractivity contribution in [2.24, 2.45) is 0 Å². The third-order valence-corrected chi connectivity index (χ3v) is 4.23. The number of hydrogen-bond donors (Lipinski definition) is 1. The minimum absolute atomic E-state index is 0.102. The molecule has 1 heterocycles. The van der Waals surface area contributed by atoms with Gasteiger partial charge in [0.1, 0.15) is 12.4 Å². The van der Waals surface area contributed by atoms with Gasteiger partial charge in [-0.15, -0.1) is 0 Å². The van der Waals surface area contributed by atoms with Crippen molar-refractivity contribution >= 4 is 17.4 Å². The molecule has 3 rings (SSSR count). The van der Waals surface area contributed by atoms with E-state index < -0.39 is 0 Å². The van der Waals surface area contributed by atoms with Gasteiger partial charge in [0.2, 0.25) is 5.95 Å². The summed E-state index contributed by atoms with van der Waals surface area (Å²) in [6.07, 6.45) is 4.73. The van der Waals surface area contributed by atoms with E-state index in [1.165, 1.54) is 0 Å². The molecule has 27 heavy (non-hydrogen) atoms. The summed E-state index contributed by atoms with van der Waals surface area (Å²) in [5.41, 5.74) is 2.51. The van der Waals surface area contributed by atoms with Crippen LogP contribution in [0.2, 0.25) is 0 Å². The van der Waals surface area contributed by atoms with Crippen LogP contribution in [0.5, 0.6) is 5.75 Å². The van der Waals surface area contributed by atoms with E-state index in [-0.39, 0.29) is 5.78 Å².